The van der Waals surface area contributed by atoms with Crippen molar-refractivity contribution in [1.82, 2.24) is 0 Å². The zero-order chi connectivity index (χ0) is 34.9. The Labute approximate surface area is 303 Å². The van der Waals surface area contributed by atoms with E-state index in [2.05, 4.69) is 99.1 Å². The van der Waals surface area contributed by atoms with Gasteiger partial charge in [0.1, 0.15) is 5.71 Å². The summed E-state index contributed by atoms with van der Waals surface area (Å²) in [7, 11) is 0. The van der Waals surface area contributed by atoms with Crippen LogP contribution in [0, 0.1) is 23.7 Å². The molecular weight excluding hydrogens is 593 g/mol. The molecule has 2 rings (SSSR count). The van der Waals surface area contributed by atoms with Gasteiger partial charge in [0.15, 0.2) is 0 Å². The Morgan fingerprint density at radius 1 is 0.469 bits per heavy atom. The molecule has 268 valence electrons. The second kappa shape index (κ2) is 30.9. The molecule has 2 aromatic carbocycles. The van der Waals surface area contributed by atoms with Crippen LogP contribution in [0.25, 0.3) is 0 Å². The number of hydrogen-bond acceptors (Lipinski definition) is 2. The second-order valence-corrected chi connectivity index (χ2v) is 13.8. The van der Waals surface area contributed by atoms with E-state index in [1.54, 1.807) is 0 Å². The summed E-state index contributed by atoms with van der Waals surface area (Å²) in [5, 5.41) is 0. The Hall–Kier alpha value is -3.10. The van der Waals surface area contributed by atoms with Crippen LogP contribution in [-0.2, 0) is 6.42 Å². The van der Waals surface area contributed by atoms with Crippen molar-refractivity contribution in [2.24, 2.45) is 9.98 Å². The topological polar surface area (TPSA) is 24.7 Å². The van der Waals surface area contributed by atoms with E-state index in [0.29, 0.717) is 0 Å². The molecule has 0 unspecified atom stereocenters. The summed E-state index contributed by atoms with van der Waals surface area (Å²) in [6, 6.07) is 19.0. The second-order valence-electron chi connectivity index (χ2n) is 13.8. The van der Waals surface area contributed by atoms with Crippen LogP contribution >= 0.6 is 0 Å². The molecule has 0 atom stereocenters. The number of aryl methyl sites for hydroxylation is 1. The molecule has 0 N–H and O–H groups in total. The molecule has 0 radical (unpaired) electrons. The van der Waals surface area contributed by atoms with E-state index in [9.17, 15) is 0 Å². The Balaban J connectivity index is 2.09. The summed E-state index contributed by atoms with van der Waals surface area (Å²) in [5.74, 6) is 13.9. The van der Waals surface area contributed by atoms with Crippen LogP contribution in [0.5, 0.6) is 0 Å². The van der Waals surface area contributed by atoms with Crippen LogP contribution in [0.3, 0.4) is 0 Å². The first kappa shape index (κ1) is 42.1. The van der Waals surface area contributed by atoms with Gasteiger partial charge in [-0.15, -0.1) is 11.8 Å². The first-order valence-electron chi connectivity index (χ1n) is 20.5. The molecule has 0 aliphatic heterocycles. The maximum atomic E-state index is 5.29. The van der Waals surface area contributed by atoms with Gasteiger partial charge in [-0.25, -0.2) is 4.99 Å². The highest BCUT2D eigenvalue weighted by Crippen LogP contribution is 2.23. The van der Waals surface area contributed by atoms with Gasteiger partial charge in [-0.3, -0.25) is 4.99 Å². The van der Waals surface area contributed by atoms with E-state index < -0.39 is 0 Å². The first-order chi connectivity index (χ1) is 24.3. The highest BCUT2D eigenvalue weighted by atomic mass is 14.8. The molecule has 0 bridgehead atoms. The number of hydrogen-bond donors (Lipinski definition) is 0. The lowest BCUT2D eigenvalue weighted by Gasteiger charge is -2.09. The molecule has 0 fully saturated rings. The van der Waals surface area contributed by atoms with Crippen molar-refractivity contribution in [2.45, 2.75) is 188 Å². The fraction of sp³-hybridized carbons (Fsp3) is 0.617. The standard InChI is InChI=1S/C47H70N2/c1-4-7-10-13-16-17-18-19-20-21-22-24-25-29-36-43-37-34-35-40-45(43)49-47(42-33-27-23-14-11-8-5-2)46(41-32-26-15-12-9-6-3)48-44-38-30-28-31-39-44/h28,30-31,34-35,37-40H,4-21,23,25-27,29,32,36,41H2,1-3H3. The zero-order valence-electron chi connectivity index (χ0n) is 32.0. The molecule has 2 heteroatoms. The quantitative estimate of drug-likeness (QED) is 0.0517. The number of rotatable bonds is 27. The molecule has 0 aliphatic carbocycles. The number of nitrogens with zero attached hydrogens (tertiary/aromatic N) is 2. The lowest BCUT2D eigenvalue weighted by molar-refractivity contribution is 0.567. The van der Waals surface area contributed by atoms with Gasteiger partial charge in [-0.1, -0.05) is 172 Å². The van der Waals surface area contributed by atoms with E-state index in [4.69, 9.17) is 9.98 Å². The Morgan fingerprint density at radius 3 is 1.57 bits per heavy atom. The average molecular weight is 663 g/mol. The maximum Gasteiger partial charge on any atom is 0.135 e. The van der Waals surface area contributed by atoms with Crippen molar-refractivity contribution in [2.75, 3.05) is 0 Å². The van der Waals surface area contributed by atoms with E-state index in [0.717, 1.165) is 74.2 Å². The van der Waals surface area contributed by atoms with Crippen LogP contribution in [0.4, 0.5) is 11.4 Å². The van der Waals surface area contributed by atoms with Gasteiger partial charge in [0.2, 0.25) is 0 Å². The highest BCUT2D eigenvalue weighted by Gasteiger charge is 2.11. The SMILES string of the molecule is CCCCCCCC#CC(=Nc1ccccc1CCCC#CCCCCCCCCCCC)C(CCCCCCCC)=Nc1ccccc1. The van der Waals surface area contributed by atoms with Crippen molar-refractivity contribution < 1.29 is 0 Å². The molecule has 2 nitrogen and oxygen atoms in total. The van der Waals surface area contributed by atoms with Crippen LogP contribution in [0.15, 0.2) is 64.6 Å². The predicted molar refractivity (Wildman–Crippen MR) is 219 cm³/mol. The molecule has 49 heavy (non-hydrogen) atoms. The van der Waals surface area contributed by atoms with Gasteiger partial charge in [0, 0.05) is 19.3 Å². The van der Waals surface area contributed by atoms with Gasteiger partial charge in [-0.2, -0.15) is 0 Å². The normalized spacial score (nSPS) is 11.6. The van der Waals surface area contributed by atoms with E-state index in [1.165, 1.54) is 121 Å². The molecular formula is C47H70N2. The van der Waals surface area contributed by atoms with Crippen molar-refractivity contribution in [3.63, 3.8) is 0 Å². The number of benzene rings is 2. The summed E-state index contributed by atoms with van der Waals surface area (Å²) in [4.78, 5) is 10.5. The fourth-order valence-electron chi connectivity index (χ4n) is 6.11. The molecule has 0 saturated heterocycles. The first-order valence-corrected chi connectivity index (χ1v) is 20.5. The molecule has 2 aromatic rings. The molecule has 0 aliphatic rings. The van der Waals surface area contributed by atoms with E-state index >= 15 is 0 Å². The minimum atomic E-state index is 0.846. The number of aliphatic imine (C=N–C) groups is 2. The predicted octanol–water partition coefficient (Wildman–Crippen LogP) is 14.9. The molecule has 0 heterocycles. The lowest BCUT2D eigenvalue weighted by atomic mass is 10.0. The minimum absolute atomic E-state index is 0.846. The van der Waals surface area contributed by atoms with Crippen molar-refractivity contribution in [3.05, 3.63) is 60.2 Å². The van der Waals surface area contributed by atoms with Crippen molar-refractivity contribution in [1.29, 1.82) is 0 Å². The minimum Gasteiger partial charge on any atom is -0.251 e. The van der Waals surface area contributed by atoms with Crippen LogP contribution < -0.4 is 0 Å². The summed E-state index contributed by atoms with van der Waals surface area (Å²) in [6.07, 6.45) is 32.0. The molecule has 0 amide bonds. The zero-order valence-corrected chi connectivity index (χ0v) is 32.0. The number of unbranched alkanes of at least 4 members (excludes halogenated alkanes) is 20. The Kier molecular flexibility index (Phi) is 26.5. The Morgan fingerprint density at radius 2 is 0.959 bits per heavy atom. The molecule has 0 saturated carbocycles. The fourth-order valence-corrected chi connectivity index (χ4v) is 6.11. The van der Waals surface area contributed by atoms with Gasteiger partial charge in [-0.05, 0) is 68.2 Å². The van der Waals surface area contributed by atoms with Crippen molar-refractivity contribution in [3.8, 4) is 23.7 Å². The van der Waals surface area contributed by atoms with Crippen LogP contribution in [0.1, 0.15) is 187 Å². The smallest absolute Gasteiger partial charge is 0.135 e. The van der Waals surface area contributed by atoms with E-state index in [1.807, 2.05) is 0 Å². The third-order valence-electron chi connectivity index (χ3n) is 9.17. The largest absolute Gasteiger partial charge is 0.251 e. The Bertz CT molecular complexity index is 1260. The van der Waals surface area contributed by atoms with Gasteiger partial charge in [0.25, 0.3) is 0 Å². The third kappa shape index (κ3) is 22.3. The average Bonchev–Trinajstić information content (AvgIpc) is 3.13. The van der Waals surface area contributed by atoms with E-state index in [-0.39, 0.29) is 0 Å². The van der Waals surface area contributed by atoms with Crippen molar-refractivity contribution >= 4 is 22.8 Å². The molecule has 0 spiro atoms. The summed E-state index contributed by atoms with van der Waals surface area (Å²) >= 11 is 0. The number of para-hydroxylation sites is 2. The van der Waals surface area contributed by atoms with Gasteiger partial charge >= 0.3 is 0 Å². The maximum absolute atomic E-state index is 5.29. The van der Waals surface area contributed by atoms with Gasteiger partial charge < -0.3 is 0 Å². The summed E-state index contributed by atoms with van der Waals surface area (Å²) in [6.45, 7) is 6.83. The summed E-state index contributed by atoms with van der Waals surface area (Å²) in [5.41, 5.74) is 5.16. The summed E-state index contributed by atoms with van der Waals surface area (Å²) < 4.78 is 0. The highest BCUT2D eigenvalue weighted by molar-refractivity contribution is 6.49. The van der Waals surface area contributed by atoms with Crippen LogP contribution in [0.2, 0.25) is 0 Å². The molecule has 0 aromatic heterocycles. The third-order valence-corrected chi connectivity index (χ3v) is 9.17. The lowest BCUT2D eigenvalue weighted by Crippen LogP contribution is -2.12. The van der Waals surface area contributed by atoms with Gasteiger partial charge in [0.05, 0.1) is 17.1 Å². The monoisotopic (exact) mass is 663 g/mol. The van der Waals surface area contributed by atoms with Crippen LogP contribution in [-0.4, -0.2) is 11.4 Å².